The van der Waals surface area contributed by atoms with Crippen LogP contribution < -0.4 is 10.2 Å². The van der Waals surface area contributed by atoms with Crippen molar-refractivity contribution in [3.63, 3.8) is 0 Å². The molecular weight excluding hydrogens is 365 g/mol. The zero-order valence-corrected chi connectivity index (χ0v) is 14.9. The average molecular weight is 381 g/mol. The summed E-state index contributed by atoms with van der Waals surface area (Å²) in [5, 5.41) is 13.7. The molecule has 3 aromatic rings. The van der Waals surface area contributed by atoms with Crippen molar-refractivity contribution in [1.29, 1.82) is 0 Å². The van der Waals surface area contributed by atoms with E-state index in [2.05, 4.69) is 10.3 Å². The van der Waals surface area contributed by atoms with Crippen LogP contribution in [0, 0.1) is 5.82 Å². The fraction of sp³-hybridized carbons (Fsp3) is 0.150. The number of fused-ring (bicyclic) bond motifs is 2. The van der Waals surface area contributed by atoms with Gasteiger partial charge in [0.15, 0.2) is 5.75 Å². The van der Waals surface area contributed by atoms with Crippen LogP contribution in [-0.4, -0.2) is 29.1 Å². The number of rotatable bonds is 3. The Morgan fingerprint density at radius 3 is 2.82 bits per heavy atom. The molecule has 7 nitrogen and oxygen atoms in total. The quantitative estimate of drug-likeness (QED) is 0.727. The number of carbonyl (C=O) groups is 2. The predicted molar refractivity (Wildman–Crippen MR) is 99.6 cm³/mol. The highest BCUT2D eigenvalue weighted by atomic mass is 19.1. The lowest BCUT2D eigenvalue weighted by molar-refractivity contribution is 0.0963. The summed E-state index contributed by atoms with van der Waals surface area (Å²) in [6, 6.07) is 9.03. The van der Waals surface area contributed by atoms with Gasteiger partial charge in [-0.1, -0.05) is 12.1 Å². The van der Waals surface area contributed by atoms with Crippen LogP contribution in [0.4, 0.5) is 14.9 Å². The van der Waals surface area contributed by atoms with Crippen LogP contribution in [0.1, 0.15) is 21.5 Å². The normalized spacial score (nSPS) is 12.6. The summed E-state index contributed by atoms with van der Waals surface area (Å²) in [5.74, 6) is -1.00. The Balaban J connectivity index is 1.70. The molecule has 0 fully saturated rings. The number of nitrogens with zero attached hydrogens (tertiary/aromatic N) is 2. The van der Waals surface area contributed by atoms with Crippen LogP contribution >= 0.6 is 0 Å². The molecule has 0 saturated heterocycles. The zero-order valence-electron chi connectivity index (χ0n) is 14.9. The number of phenolic OH excluding ortho intramolecular Hbond substituents is 1. The largest absolute Gasteiger partial charge is 0.505 e. The highest BCUT2D eigenvalue weighted by Crippen LogP contribution is 2.41. The maximum absolute atomic E-state index is 13.0. The summed E-state index contributed by atoms with van der Waals surface area (Å²) < 4.78 is 18.3. The Hall–Kier alpha value is -3.68. The molecule has 0 bridgehead atoms. The maximum Gasteiger partial charge on any atom is 0.414 e. The number of anilines is 1. The number of ether oxygens (including phenoxy) is 1. The molecule has 2 N–H and O–H groups in total. The minimum atomic E-state index is -0.651. The van der Waals surface area contributed by atoms with Gasteiger partial charge in [-0.25, -0.2) is 9.18 Å². The van der Waals surface area contributed by atoms with Crippen molar-refractivity contribution < 1.29 is 23.8 Å². The van der Waals surface area contributed by atoms with E-state index in [1.807, 2.05) is 0 Å². The molecular formula is C20H16FN3O4. The van der Waals surface area contributed by atoms with Crippen molar-refractivity contribution in [3.8, 4) is 5.75 Å². The lowest BCUT2D eigenvalue weighted by Gasteiger charge is -2.22. The van der Waals surface area contributed by atoms with E-state index in [1.165, 1.54) is 42.4 Å². The number of hydrogen-bond acceptors (Lipinski definition) is 5. The zero-order chi connectivity index (χ0) is 19.8. The van der Waals surface area contributed by atoms with Crippen LogP contribution in [0.15, 0.2) is 42.6 Å². The number of aromatic hydroxyl groups is 1. The van der Waals surface area contributed by atoms with Gasteiger partial charge in [0.25, 0.3) is 5.91 Å². The van der Waals surface area contributed by atoms with Crippen LogP contribution in [-0.2, 0) is 17.9 Å². The number of benzene rings is 2. The lowest BCUT2D eigenvalue weighted by Crippen LogP contribution is -2.28. The molecule has 2 heterocycles. The Kier molecular flexibility index (Phi) is 4.31. The Bertz CT molecular complexity index is 1100. The van der Waals surface area contributed by atoms with E-state index in [1.54, 1.807) is 12.1 Å². The summed E-state index contributed by atoms with van der Waals surface area (Å²) in [5.41, 5.74) is 1.93. The van der Waals surface area contributed by atoms with E-state index in [0.717, 1.165) is 0 Å². The van der Waals surface area contributed by atoms with Crippen LogP contribution in [0.25, 0.3) is 10.9 Å². The Morgan fingerprint density at radius 1 is 1.32 bits per heavy atom. The molecule has 142 valence electrons. The van der Waals surface area contributed by atoms with Gasteiger partial charge in [-0.05, 0) is 29.8 Å². The predicted octanol–water partition coefficient (Wildman–Crippen LogP) is 3.10. The van der Waals surface area contributed by atoms with Crippen molar-refractivity contribution in [2.75, 3.05) is 11.9 Å². The van der Waals surface area contributed by atoms with Crippen molar-refractivity contribution in [2.24, 2.45) is 0 Å². The van der Waals surface area contributed by atoms with Gasteiger partial charge in [0, 0.05) is 30.7 Å². The van der Waals surface area contributed by atoms with Gasteiger partial charge in [-0.15, -0.1) is 0 Å². The number of pyridine rings is 1. The molecule has 0 aliphatic carbocycles. The molecule has 1 aliphatic rings. The molecule has 1 aliphatic heterocycles. The average Bonchev–Trinajstić information content (AvgIpc) is 3.09. The first kappa shape index (κ1) is 17.7. The smallest absolute Gasteiger partial charge is 0.414 e. The van der Waals surface area contributed by atoms with Gasteiger partial charge in [-0.3, -0.25) is 14.7 Å². The van der Waals surface area contributed by atoms with Gasteiger partial charge < -0.3 is 15.2 Å². The summed E-state index contributed by atoms with van der Waals surface area (Å²) in [6.45, 7) is 0.147. The summed E-state index contributed by atoms with van der Waals surface area (Å²) in [7, 11) is 1.52. The van der Waals surface area contributed by atoms with Crippen molar-refractivity contribution in [1.82, 2.24) is 10.3 Å². The van der Waals surface area contributed by atoms with E-state index in [9.17, 15) is 19.1 Å². The number of nitrogens with one attached hydrogen (secondary N) is 1. The summed E-state index contributed by atoms with van der Waals surface area (Å²) in [6.07, 6.45) is 0.847. The van der Waals surface area contributed by atoms with Crippen LogP contribution in [0.3, 0.4) is 0 Å². The van der Waals surface area contributed by atoms with Gasteiger partial charge in [0.2, 0.25) is 0 Å². The third-order valence-electron chi connectivity index (χ3n) is 4.65. The molecule has 0 saturated carbocycles. The molecule has 0 atom stereocenters. The van der Waals surface area contributed by atoms with Gasteiger partial charge in [0.1, 0.15) is 17.9 Å². The van der Waals surface area contributed by atoms with Crippen molar-refractivity contribution in [3.05, 3.63) is 65.1 Å². The van der Waals surface area contributed by atoms with Gasteiger partial charge >= 0.3 is 6.09 Å². The Labute approximate surface area is 159 Å². The van der Waals surface area contributed by atoms with E-state index >= 15 is 0 Å². The fourth-order valence-electron chi connectivity index (χ4n) is 3.30. The van der Waals surface area contributed by atoms with E-state index in [0.29, 0.717) is 22.2 Å². The molecule has 0 unspecified atom stereocenters. The first-order valence-electron chi connectivity index (χ1n) is 8.53. The topological polar surface area (TPSA) is 91.8 Å². The van der Waals surface area contributed by atoms with Crippen LogP contribution in [0.5, 0.6) is 5.75 Å². The first-order valence-corrected chi connectivity index (χ1v) is 8.53. The van der Waals surface area contributed by atoms with Gasteiger partial charge in [-0.2, -0.15) is 0 Å². The summed E-state index contributed by atoms with van der Waals surface area (Å²) in [4.78, 5) is 30.2. The molecule has 0 radical (unpaired) electrons. The highest BCUT2D eigenvalue weighted by Gasteiger charge is 2.32. The number of aromatic nitrogens is 1. The molecule has 28 heavy (non-hydrogen) atoms. The van der Waals surface area contributed by atoms with Crippen molar-refractivity contribution in [2.45, 2.75) is 13.2 Å². The molecule has 1 aromatic heterocycles. The minimum absolute atomic E-state index is 0.0307. The fourth-order valence-corrected chi connectivity index (χ4v) is 3.30. The number of phenols is 1. The van der Waals surface area contributed by atoms with E-state index in [4.69, 9.17) is 4.74 Å². The SMILES string of the molecule is CN(C(=O)OCc1ccc(F)cc1)c1c2c(c(O)c3ncccc13)C(=O)NC2. The number of carbonyl (C=O) groups excluding carboxylic acids is 2. The van der Waals surface area contributed by atoms with E-state index in [-0.39, 0.29) is 35.8 Å². The van der Waals surface area contributed by atoms with Gasteiger partial charge in [0.05, 0.1) is 11.3 Å². The van der Waals surface area contributed by atoms with Crippen LogP contribution in [0.2, 0.25) is 0 Å². The van der Waals surface area contributed by atoms with Crippen molar-refractivity contribution >= 4 is 28.6 Å². The maximum atomic E-state index is 13.0. The number of hydrogen-bond donors (Lipinski definition) is 2. The second-order valence-electron chi connectivity index (χ2n) is 6.37. The third kappa shape index (κ3) is 2.88. The molecule has 4 rings (SSSR count). The minimum Gasteiger partial charge on any atom is -0.505 e. The highest BCUT2D eigenvalue weighted by molar-refractivity contribution is 6.13. The van der Waals surface area contributed by atoms with E-state index < -0.39 is 12.0 Å². The monoisotopic (exact) mass is 381 g/mol. The second kappa shape index (κ2) is 6.80. The number of halogens is 1. The number of amides is 2. The lowest BCUT2D eigenvalue weighted by atomic mass is 10.0. The molecule has 2 aromatic carbocycles. The first-order chi connectivity index (χ1) is 13.5. The molecule has 8 heteroatoms. The molecule has 0 spiro atoms. The molecule has 2 amide bonds. The second-order valence-corrected chi connectivity index (χ2v) is 6.37. The Morgan fingerprint density at radius 2 is 2.07 bits per heavy atom. The standard InChI is InChI=1S/C20H16FN3O4/c1-24(20(27)28-10-11-4-6-12(21)7-5-11)17-13-3-2-8-22-16(13)18(25)15-14(17)9-23-19(15)26/h2-8,25H,9-10H2,1H3,(H,23,26). The summed E-state index contributed by atoms with van der Waals surface area (Å²) >= 11 is 0. The third-order valence-corrected chi connectivity index (χ3v) is 4.65.